The van der Waals surface area contributed by atoms with E-state index in [2.05, 4.69) is 45.0 Å². The molecule has 6 atom stereocenters. The highest BCUT2D eigenvalue weighted by Crippen LogP contribution is 2.57. The monoisotopic (exact) mass is 462 g/mol. The summed E-state index contributed by atoms with van der Waals surface area (Å²) in [7, 11) is 2.11. The number of thiazole rings is 1. The molecule has 0 aromatic carbocycles. The Morgan fingerprint density at radius 2 is 2.06 bits per heavy atom. The summed E-state index contributed by atoms with van der Waals surface area (Å²) in [4.78, 5) is 23.9. The Hall–Kier alpha value is -1.18. The lowest BCUT2D eigenvalue weighted by molar-refractivity contribution is -0.146. The third-order valence-electron chi connectivity index (χ3n) is 8.58. The highest BCUT2D eigenvalue weighted by Gasteiger charge is 2.54. The van der Waals surface area contributed by atoms with E-state index in [-0.39, 0.29) is 35.0 Å². The molecule has 1 aromatic rings. The highest BCUT2D eigenvalue weighted by atomic mass is 32.1. The van der Waals surface area contributed by atoms with Gasteiger partial charge in [0.2, 0.25) is 5.91 Å². The SMILES string of the molecule is CCCCNc1nc2c(s1)C[C@]1(C)CC[C@@H]([C@H](C)C(=O)N3CCN(C)CC3)[C@H](O)[C@H]1[C@@H]2C. The van der Waals surface area contributed by atoms with Gasteiger partial charge in [-0.05, 0) is 50.0 Å². The number of rotatable bonds is 6. The van der Waals surface area contributed by atoms with Crippen molar-refractivity contribution in [2.24, 2.45) is 23.2 Å². The number of amides is 1. The molecule has 180 valence electrons. The Kier molecular flexibility index (Phi) is 7.18. The minimum Gasteiger partial charge on any atom is -0.392 e. The maximum atomic E-state index is 13.3. The van der Waals surface area contributed by atoms with Crippen LogP contribution in [0.2, 0.25) is 0 Å². The third-order valence-corrected chi connectivity index (χ3v) is 9.60. The summed E-state index contributed by atoms with van der Waals surface area (Å²) >= 11 is 1.81. The van der Waals surface area contributed by atoms with Crippen molar-refractivity contribution in [2.75, 3.05) is 45.1 Å². The fraction of sp³-hybridized carbons (Fsp3) is 0.840. The lowest BCUT2D eigenvalue weighted by atomic mass is 9.53. The maximum Gasteiger partial charge on any atom is 0.225 e. The average molecular weight is 463 g/mol. The van der Waals surface area contributed by atoms with Crippen LogP contribution in [0, 0.1) is 23.2 Å². The lowest BCUT2D eigenvalue weighted by Crippen LogP contribution is -2.55. The standard InChI is InChI=1S/C25H42N4O2S/c1-6-7-10-26-24-27-21-17(3)20-22(30)18(8-9-25(20,4)15-19(21)32-24)16(2)23(31)29-13-11-28(5)12-14-29/h16-18,20,22,30H,6-15H2,1-5H3,(H,26,27)/t16-,17-,18-,20+,22-,25-/m0/s1. The minimum atomic E-state index is -0.457. The van der Waals surface area contributed by atoms with Crippen molar-refractivity contribution < 1.29 is 9.90 Å². The molecule has 0 spiro atoms. The number of aliphatic hydroxyl groups excluding tert-OH is 1. The second kappa shape index (κ2) is 9.59. The van der Waals surface area contributed by atoms with E-state index in [4.69, 9.17) is 4.98 Å². The van der Waals surface area contributed by atoms with Crippen molar-refractivity contribution in [3.8, 4) is 0 Å². The molecule has 3 aliphatic rings. The van der Waals surface area contributed by atoms with Crippen LogP contribution in [0.4, 0.5) is 5.13 Å². The topological polar surface area (TPSA) is 68.7 Å². The number of hydrogen-bond acceptors (Lipinski definition) is 6. The average Bonchev–Trinajstić information content (AvgIpc) is 3.16. The lowest BCUT2D eigenvalue weighted by Gasteiger charge is -2.53. The van der Waals surface area contributed by atoms with E-state index in [1.807, 2.05) is 16.2 Å². The van der Waals surface area contributed by atoms with Gasteiger partial charge in [0.1, 0.15) is 0 Å². The second-order valence-corrected chi connectivity index (χ2v) is 11.9. The largest absolute Gasteiger partial charge is 0.392 e. The van der Waals surface area contributed by atoms with Gasteiger partial charge in [-0.1, -0.05) is 34.1 Å². The maximum absolute atomic E-state index is 13.3. The first-order valence-corrected chi connectivity index (χ1v) is 13.5. The molecule has 2 fully saturated rings. The third kappa shape index (κ3) is 4.45. The van der Waals surface area contributed by atoms with Crippen molar-refractivity contribution >= 4 is 22.4 Å². The Bertz CT molecular complexity index is 806. The first kappa shape index (κ1) is 24.0. The van der Waals surface area contributed by atoms with Crippen LogP contribution in [-0.2, 0) is 11.2 Å². The first-order chi connectivity index (χ1) is 15.2. The highest BCUT2D eigenvalue weighted by molar-refractivity contribution is 7.15. The first-order valence-electron chi connectivity index (χ1n) is 12.6. The van der Waals surface area contributed by atoms with E-state index in [0.29, 0.717) is 0 Å². The van der Waals surface area contributed by atoms with Gasteiger partial charge < -0.3 is 20.2 Å². The Morgan fingerprint density at radius 3 is 2.75 bits per heavy atom. The number of nitrogens with one attached hydrogen (secondary N) is 1. The van der Waals surface area contributed by atoms with Crippen LogP contribution < -0.4 is 5.32 Å². The van der Waals surface area contributed by atoms with Crippen LogP contribution >= 0.6 is 11.3 Å². The van der Waals surface area contributed by atoms with Gasteiger partial charge in [-0.3, -0.25) is 4.79 Å². The molecule has 0 radical (unpaired) electrons. The van der Waals surface area contributed by atoms with E-state index >= 15 is 0 Å². The Morgan fingerprint density at radius 1 is 1.34 bits per heavy atom. The number of aliphatic hydroxyl groups is 1. The molecule has 2 aliphatic carbocycles. The predicted octanol–water partition coefficient (Wildman–Crippen LogP) is 3.82. The zero-order valence-electron chi connectivity index (χ0n) is 20.6. The summed E-state index contributed by atoms with van der Waals surface area (Å²) in [6.45, 7) is 13.3. The molecular formula is C25H42N4O2S. The summed E-state index contributed by atoms with van der Waals surface area (Å²) in [6, 6.07) is 0. The Labute approximate surface area is 197 Å². The van der Waals surface area contributed by atoms with Crippen LogP contribution in [0.25, 0.3) is 0 Å². The number of carbonyl (C=O) groups excluding carboxylic acids is 1. The van der Waals surface area contributed by atoms with Crippen LogP contribution in [-0.4, -0.2) is 71.7 Å². The normalized spacial score (nSPS) is 34.0. The van der Waals surface area contributed by atoms with Crippen molar-refractivity contribution in [1.82, 2.24) is 14.8 Å². The summed E-state index contributed by atoms with van der Waals surface area (Å²) < 4.78 is 0. The summed E-state index contributed by atoms with van der Waals surface area (Å²) in [5.74, 6) is 0.497. The number of unbranched alkanes of at least 4 members (excludes halogenated alkanes) is 1. The molecule has 7 heteroatoms. The molecule has 4 rings (SSSR count). The smallest absolute Gasteiger partial charge is 0.225 e. The Balaban J connectivity index is 1.49. The van der Waals surface area contributed by atoms with Crippen molar-refractivity contribution in [3.05, 3.63) is 10.6 Å². The minimum absolute atomic E-state index is 0.0324. The number of carbonyl (C=O) groups is 1. The number of piperazine rings is 1. The van der Waals surface area contributed by atoms with Gasteiger partial charge in [-0.15, -0.1) is 11.3 Å². The van der Waals surface area contributed by atoms with Crippen LogP contribution in [0.1, 0.15) is 69.9 Å². The van der Waals surface area contributed by atoms with Gasteiger partial charge in [0, 0.05) is 49.4 Å². The predicted molar refractivity (Wildman–Crippen MR) is 131 cm³/mol. The van der Waals surface area contributed by atoms with Crippen molar-refractivity contribution in [3.63, 3.8) is 0 Å². The fourth-order valence-electron chi connectivity index (χ4n) is 6.49. The van der Waals surface area contributed by atoms with E-state index in [9.17, 15) is 9.90 Å². The molecule has 32 heavy (non-hydrogen) atoms. The summed E-state index contributed by atoms with van der Waals surface area (Å²) in [5, 5.41) is 16.2. The number of hydrogen-bond donors (Lipinski definition) is 2. The number of aromatic nitrogens is 1. The number of likely N-dealkylation sites (N-methyl/N-ethyl adjacent to an activating group) is 1. The van der Waals surface area contributed by atoms with E-state index in [1.54, 1.807) is 0 Å². The zero-order chi connectivity index (χ0) is 23.0. The summed E-state index contributed by atoms with van der Waals surface area (Å²) in [5.41, 5.74) is 1.25. The quantitative estimate of drug-likeness (QED) is 0.629. The molecule has 1 aliphatic heterocycles. The number of nitrogens with zero attached hydrogens (tertiary/aromatic N) is 3. The zero-order valence-corrected chi connectivity index (χ0v) is 21.4. The summed E-state index contributed by atoms with van der Waals surface area (Å²) in [6.07, 6.45) is 4.86. The molecule has 0 bridgehead atoms. The van der Waals surface area contributed by atoms with Gasteiger partial charge in [0.15, 0.2) is 5.13 Å². The van der Waals surface area contributed by atoms with Crippen molar-refractivity contribution in [1.29, 1.82) is 0 Å². The van der Waals surface area contributed by atoms with Gasteiger partial charge in [0.25, 0.3) is 0 Å². The van der Waals surface area contributed by atoms with Crippen LogP contribution in [0.5, 0.6) is 0 Å². The molecule has 0 unspecified atom stereocenters. The molecule has 1 amide bonds. The van der Waals surface area contributed by atoms with Gasteiger partial charge >= 0.3 is 0 Å². The van der Waals surface area contributed by atoms with Gasteiger partial charge in [-0.2, -0.15) is 0 Å². The van der Waals surface area contributed by atoms with Crippen LogP contribution in [0.15, 0.2) is 0 Å². The van der Waals surface area contributed by atoms with Crippen molar-refractivity contribution in [2.45, 2.75) is 71.8 Å². The molecule has 6 nitrogen and oxygen atoms in total. The molecule has 1 aromatic heterocycles. The second-order valence-electron chi connectivity index (χ2n) is 10.9. The fourth-order valence-corrected chi connectivity index (χ4v) is 7.78. The molecule has 1 saturated carbocycles. The number of anilines is 1. The molecule has 2 N–H and O–H groups in total. The molecule has 1 saturated heterocycles. The van der Waals surface area contributed by atoms with E-state index in [0.717, 1.165) is 63.5 Å². The molecule has 2 heterocycles. The molecular weight excluding hydrogens is 420 g/mol. The number of fused-ring (bicyclic) bond motifs is 2. The van der Waals surface area contributed by atoms with Gasteiger partial charge in [0.05, 0.1) is 11.8 Å². The van der Waals surface area contributed by atoms with Crippen LogP contribution in [0.3, 0.4) is 0 Å². The van der Waals surface area contributed by atoms with E-state index < -0.39 is 6.10 Å². The van der Waals surface area contributed by atoms with E-state index in [1.165, 1.54) is 17.0 Å². The van der Waals surface area contributed by atoms with Gasteiger partial charge in [-0.25, -0.2) is 4.98 Å².